The maximum atomic E-state index is 11.6. The number of fused-ring (bicyclic) bond motifs is 1. The first-order valence-electron chi connectivity index (χ1n) is 8.81. The van der Waals surface area contributed by atoms with E-state index in [9.17, 15) is 9.59 Å². The first kappa shape index (κ1) is 18.7. The third-order valence-corrected chi connectivity index (χ3v) is 4.62. The minimum atomic E-state index is -0.487. The molecule has 0 aliphatic rings. The van der Waals surface area contributed by atoms with Crippen molar-refractivity contribution in [3.8, 4) is 22.9 Å². The van der Waals surface area contributed by atoms with E-state index in [1.165, 1.54) is 0 Å². The lowest BCUT2D eigenvalue weighted by Crippen LogP contribution is -2.19. The number of amides is 1. The maximum Gasteiger partial charge on any atom is 0.237 e. The van der Waals surface area contributed by atoms with Crippen LogP contribution < -0.4 is 10.5 Å². The Morgan fingerprint density at radius 2 is 1.86 bits per heavy atom. The highest BCUT2D eigenvalue weighted by atomic mass is 35.5. The van der Waals surface area contributed by atoms with Gasteiger partial charge in [-0.1, -0.05) is 23.7 Å². The van der Waals surface area contributed by atoms with Crippen molar-refractivity contribution >= 4 is 34.8 Å². The van der Waals surface area contributed by atoms with Crippen molar-refractivity contribution in [3.63, 3.8) is 0 Å². The van der Waals surface area contributed by atoms with Crippen LogP contribution in [0.1, 0.15) is 10.4 Å². The molecule has 6 nitrogen and oxygen atoms in total. The number of halogens is 1. The lowest BCUT2D eigenvalue weighted by Gasteiger charge is -2.10. The summed E-state index contributed by atoms with van der Waals surface area (Å²) in [5.74, 6) is 1.32. The fourth-order valence-electron chi connectivity index (χ4n) is 3.09. The molecular formula is C22H16ClN3O3. The van der Waals surface area contributed by atoms with E-state index in [1.807, 2.05) is 24.3 Å². The molecule has 2 N–H and O–H groups in total. The summed E-state index contributed by atoms with van der Waals surface area (Å²) in [6.45, 7) is -0.0332. The summed E-state index contributed by atoms with van der Waals surface area (Å²) in [5.41, 5.74) is 8.02. The Morgan fingerprint density at radius 3 is 2.59 bits per heavy atom. The predicted molar refractivity (Wildman–Crippen MR) is 111 cm³/mol. The van der Waals surface area contributed by atoms with Crippen molar-refractivity contribution in [2.45, 2.75) is 6.54 Å². The van der Waals surface area contributed by atoms with Crippen LogP contribution in [-0.4, -0.2) is 21.7 Å². The number of nitrogens with two attached hydrogens (primary N) is 1. The minimum Gasteiger partial charge on any atom is -0.457 e. The maximum absolute atomic E-state index is 11.6. The summed E-state index contributed by atoms with van der Waals surface area (Å²) >= 11 is 5.91. The van der Waals surface area contributed by atoms with Gasteiger partial charge in [0.05, 0.1) is 11.0 Å². The number of benzene rings is 3. The molecule has 0 fully saturated rings. The van der Waals surface area contributed by atoms with Gasteiger partial charge in [0.1, 0.15) is 30.2 Å². The average Bonchev–Trinajstić information content (AvgIpc) is 3.07. The number of nitrogens with zero attached hydrogens (tertiary/aromatic N) is 2. The number of carbonyl (C=O) groups is 2. The summed E-state index contributed by atoms with van der Waals surface area (Å²) in [6.07, 6.45) is 0.757. The molecule has 0 unspecified atom stereocenters. The third-order valence-electron chi connectivity index (χ3n) is 4.36. The van der Waals surface area contributed by atoms with Crippen molar-refractivity contribution in [2.75, 3.05) is 0 Å². The molecule has 0 bridgehead atoms. The number of ether oxygens (including phenoxy) is 1. The first-order valence-corrected chi connectivity index (χ1v) is 9.19. The smallest absolute Gasteiger partial charge is 0.237 e. The number of hydrogen-bond donors (Lipinski definition) is 1. The van der Waals surface area contributed by atoms with E-state index in [0.717, 1.165) is 11.8 Å². The molecule has 4 rings (SSSR count). The van der Waals surface area contributed by atoms with Crippen LogP contribution in [0, 0.1) is 0 Å². The predicted octanol–water partition coefficient (Wildman–Crippen LogP) is 4.45. The molecule has 0 atom stereocenters. The van der Waals surface area contributed by atoms with E-state index in [2.05, 4.69) is 4.98 Å². The summed E-state index contributed by atoms with van der Waals surface area (Å²) in [7, 11) is 0. The molecule has 0 saturated heterocycles. The van der Waals surface area contributed by atoms with Gasteiger partial charge in [0.15, 0.2) is 0 Å². The van der Waals surface area contributed by atoms with Gasteiger partial charge in [0.25, 0.3) is 0 Å². The van der Waals surface area contributed by atoms with Crippen LogP contribution in [0.2, 0.25) is 5.02 Å². The molecule has 3 aromatic carbocycles. The summed E-state index contributed by atoms with van der Waals surface area (Å²) < 4.78 is 7.62. The number of aromatic nitrogens is 2. The molecule has 144 valence electrons. The van der Waals surface area contributed by atoms with E-state index in [4.69, 9.17) is 22.1 Å². The van der Waals surface area contributed by atoms with Crippen LogP contribution in [0.3, 0.4) is 0 Å². The molecule has 29 heavy (non-hydrogen) atoms. The highest BCUT2D eigenvalue weighted by molar-refractivity contribution is 6.30. The summed E-state index contributed by atoms with van der Waals surface area (Å²) in [4.78, 5) is 27.4. The Morgan fingerprint density at radius 1 is 1.07 bits per heavy atom. The summed E-state index contributed by atoms with van der Waals surface area (Å²) in [5, 5.41) is 0.626. The van der Waals surface area contributed by atoms with Gasteiger partial charge < -0.3 is 15.0 Å². The molecule has 1 amide bonds. The van der Waals surface area contributed by atoms with Gasteiger partial charge in [-0.2, -0.15) is 0 Å². The number of primary amides is 1. The molecule has 1 heterocycles. The van der Waals surface area contributed by atoms with E-state index >= 15 is 0 Å². The van der Waals surface area contributed by atoms with Crippen LogP contribution in [0.5, 0.6) is 11.5 Å². The quantitative estimate of drug-likeness (QED) is 0.480. The van der Waals surface area contributed by atoms with Crippen molar-refractivity contribution in [1.29, 1.82) is 0 Å². The molecule has 4 aromatic rings. The molecule has 1 aromatic heterocycles. The van der Waals surface area contributed by atoms with Crippen molar-refractivity contribution < 1.29 is 14.3 Å². The molecule has 7 heteroatoms. The van der Waals surface area contributed by atoms with Gasteiger partial charge in [-0.05, 0) is 54.6 Å². The first-order chi connectivity index (χ1) is 14.0. The Kier molecular flexibility index (Phi) is 5.01. The van der Waals surface area contributed by atoms with Crippen molar-refractivity contribution in [2.24, 2.45) is 5.73 Å². The number of imidazole rings is 1. The monoisotopic (exact) mass is 405 g/mol. The number of rotatable bonds is 6. The van der Waals surface area contributed by atoms with Gasteiger partial charge in [-0.3, -0.25) is 9.59 Å². The SMILES string of the molecule is NC(=O)Cn1c(-c2cccc(Oc3ccc(Cl)cc3)c2)nc2cc(C=O)ccc21. The van der Waals surface area contributed by atoms with E-state index in [1.54, 1.807) is 47.0 Å². The Hall–Kier alpha value is -3.64. The zero-order valence-electron chi connectivity index (χ0n) is 15.2. The lowest BCUT2D eigenvalue weighted by atomic mass is 10.2. The minimum absolute atomic E-state index is 0.0332. The van der Waals surface area contributed by atoms with Gasteiger partial charge in [-0.25, -0.2) is 4.98 Å². The number of carbonyl (C=O) groups excluding carboxylic acids is 2. The Balaban J connectivity index is 1.78. The molecule has 0 saturated carbocycles. The van der Waals surface area contributed by atoms with Crippen LogP contribution in [-0.2, 0) is 11.3 Å². The van der Waals surface area contributed by atoms with E-state index in [0.29, 0.717) is 38.9 Å². The lowest BCUT2D eigenvalue weighted by molar-refractivity contribution is -0.118. The fraction of sp³-hybridized carbons (Fsp3) is 0.0455. The fourth-order valence-corrected chi connectivity index (χ4v) is 3.22. The van der Waals surface area contributed by atoms with Crippen LogP contribution in [0.15, 0.2) is 66.7 Å². The molecular weight excluding hydrogens is 390 g/mol. The highest BCUT2D eigenvalue weighted by Gasteiger charge is 2.15. The zero-order valence-corrected chi connectivity index (χ0v) is 16.0. The normalized spacial score (nSPS) is 10.8. The average molecular weight is 406 g/mol. The van der Waals surface area contributed by atoms with Gasteiger partial charge in [-0.15, -0.1) is 0 Å². The standard InChI is InChI=1S/C22H16ClN3O3/c23-16-5-7-17(8-6-16)29-18-3-1-2-15(11-18)22-25-19-10-14(13-27)4-9-20(19)26(22)12-21(24)28/h1-11,13H,12H2,(H2,24,28). The van der Waals surface area contributed by atoms with Gasteiger partial charge >= 0.3 is 0 Å². The largest absolute Gasteiger partial charge is 0.457 e. The molecule has 0 spiro atoms. The second-order valence-electron chi connectivity index (χ2n) is 6.44. The van der Waals surface area contributed by atoms with E-state index in [-0.39, 0.29) is 6.54 Å². The number of hydrogen-bond acceptors (Lipinski definition) is 4. The van der Waals surface area contributed by atoms with Crippen LogP contribution in [0.4, 0.5) is 0 Å². The summed E-state index contributed by atoms with van der Waals surface area (Å²) in [6, 6.07) is 19.5. The van der Waals surface area contributed by atoms with Crippen molar-refractivity contribution in [1.82, 2.24) is 9.55 Å². The highest BCUT2D eigenvalue weighted by Crippen LogP contribution is 2.30. The molecule has 0 radical (unpaired) electrons. The third kappa shape index (κ3) is 3.97. The topological polar surface area (TPSA) is 87.2 Å². The Bertz CT molecular complexity index is 1220. The Labute approximate surface area is 171 Å². The second kappa shape index (κ2) is 7.77. The van der Waals surface area contributed by atoms with Crippen LogP contribution in [0.25, 0.3) is 22.4 Å². The number of aldehydes is 1. The molecule has 0 aliphatic carbocycles. The second-order valence-corrected chi connectivity index (χ2v) is 6.87. The molecule has 0 aliphatic heterocycles. The zero-order chi connectivity index (χ0) is 20.4. The van der Waals surface area contributed by atoms with Gasteiger partial charge in [0.2, 0.25) is 5.91 Å². The van der Waals surface area contributed by atoms with Gasteiger partial charge in [0, 0.05) is 16.1 Å². The van der Waals surface area contributed by atoms with E-state index < -0.39 is 5.91 Å². The van der Waals surface area contributed by atoms with Crippen LogP contribution >= 0.6 is 11.6 Å². The van der Waals surface area contributed by atoms with Crippen molar-refractivity contribution in [3.05, 3.63) is 77.3 Å².